The number of amides is 2. The molecule has 0 unspecified atom stereocenters. The summed E-state index contributed by atoms with van der Waals surface area (Å²) in [6, 6.07) is 9.25. The summed E-state index contributed by atoms with van der Waals surface area (Å²) in [5, 5.41) is 0.644. The predicted octanol–water partition coefficient (Wildman–Crippen LogP) is 3.67. The molecule has 2 aromatic rings. The van der Waals surface area contributed by atoms with Crippen molar-refractivity contribution in [2.75, 3.05) is 0 Å². The molecule has 2 rings (SSSR count). The van der Waals surface area contributed by atoms with Gasteiger partial charge in [-0.3, -0.25) is 20.4 Å². The highest BCUT2D eigenvalue weighted by atomic mass is 35.5. The van der Waals surface area contributed by atoms with Crippen molar-refractivity contribution in [3.05, 3.63) is 56.2 Å². The van der Waals surface area contributed by atoms with Gasteiger partial charge < -0.3 is 0 Å². The van der Waals surface area contributed by atoms with Crippen molar-refractivity contribution >= 4 is 34.8 Å². The van der Waals surface area contributed by atoms with E-state index < -0.39 is 0 Å². The number of benzene rings is 1. The molecule has 0 radical (unpaired) electrons. The van der Waals surface area contributed by atoms with Gasteiger partial charge >= 0.3 is 0 Å². The molecular formula is C17H19ClN2O2S. The first-order valence-electron chi connectivity index (χ1n) is 7.43. The minimum Gasteiger partial charge on any atom is -0.273 e. The van der Waals surface area contributed by atoms with Crippen molar-refractivity contribution in [1.82, 2.24) is 10.9 Å². The molecule has 1 aromatic heterocycles. The van der Waals surface area contributed by atoms with E-state index in [0.29, 0.717) is 16.3 Å². The number of aryl methyl sites for hydroxylation is 3. The van der Waals surface area contributed by atoms with Crippen molar-refractivity contribution < 1.29 is 9.59 Å². The van der Waals surface area contributed by atoms with Crippen LogP contribution in [0.25, 0.3) is 0 Å². The number of carbonyl (C=O) groups is 2. The van der Waals surface area contributed by atoms with Crippen LogP contribution in [-0.4, -0.2) is 11.8 Å². The molecule has 1 aromatic carbocycles. The van der Waals surface area contributed by atoms with Gasteiger partial charge in [-0.15, -0.1) is 11.3 Å². The Kier molecular flexibility index (Phi) is 6.19. The van der Waals surface area contributed by atoms with E-state index in [0.717, 1.165) is 17.5 Å². The van der Waals surface area contributed by atoms with Gasteiger partial charge in [0.05, 0.1) is 4.88 Å². The van der Waals surface area contributed by atoms with Gasteiger partial charge in [-0.25, -0.2) is 0 Å². The van der Waals surface area contributed by atoms with Crippen molar-refractivity contribution in [1.29, 1.82) is 0 Å². The van der Waals surface area contributed by atoms with Gasteiger partial charge in [0.15, 0.2) is 0 Å². The van der Waals surface area contributed by atoms with Crippen LogP contribution in [0.2, 0.25) is 5.02 Å². The van der Waals surface area contributed by atoms with Crippen LogP contribution in [0.3, 0.4) is 0 Å². The molecule has 23 heavy (non-hydrogen) atoms. The maximum absolute atomic E-state index is 12.0. The number of halogens is 1. The first-order chi connectivity index (χ1) is 11.0. The Bertz CT molecular complexity index is 712. The van der Waals surface area contributed by atoms with Crippen molar-refractivity contribution in [2.24, 2.45) is 0 Å². The quantitative estimate of drug-likeness (QED) is 0.808. The Morgan fingerprint density at radius 2 is 1.96 bits per heavy atom. The topological polar surface area (TPSA) is 58.2 Å². The van der Waals surface area contributed by atoms with Crippen LogP contribution in [0.15, 0.2) is 30.3 Å². The number of hydrogen-bond donors (Lipinski definition) is 2. The Balaban J connectivity index is 1.82. The molecule has 0 aliphatic carbocycles. The molecule has 0 saturated heterocycles. The van der Waals surface area contributed by atoms with Crippen molar-refractivity contribution in [3.8, 4) is 0 Å². The van der Waals surface area contributed by atoms with Gasteiger partial charge in [0, 0.05) is 16.3 Å². The van der Waals surface area contributed by atoms with Gasteiger partial charge in [0.25, 0.3) is 5.91 Å². The zero-order chi connectivity index (χ0) is 16.8. The Labute approximate surface area is 144 Å². The fourth-order valence-electron chi connectivity index (χ4n) is 2.18. The Morgan fingerprint density at radius 3 is 2.61 bits per heavy atom. The van der Waals surface area contributed by atoms with Crippen LogP contribution in [0, 0.1) is 6.92 Å². The molecule has 0 fully saturated rings. The maximum Gasteiger partial charge on any atom is 0.279 e. The molecule has 2 N–H and O–H groups in total. The number of carbonyl (C=O) groups excluding carboxylic acids is 2. The normalized spacial score (nSPS) is 10.4. The molecule has 0 aliphatic heterocycles. The second kappa shape index (κ2) is 8.13. The number of thiophene rings is 1. The summed E-state index contributed by atoms with van der Waals surface area (Å²) < 4.78 is 0. The minimum absolute atomic E-state index is 0.248. The molecule has 0 aliphatic rings. The fraction of sp³-hybridized carbons (Fsp3) is 0.294. The average Bonchev–Trinajstić information content (AvgIpc) is 2.93. The largest absolute Gasteiger partial charge is 0.279 e. The summed E-state index contributed by atoms with van der Waals surface area (Å²) >= 11 is 7.50. The zero-order valence-electron chi connectivity index (χ0n) is 13.1. The van der Waals surface area contributed by atoms with Crippen LogP contribution >= 0.6 is 22.9 Å². The lowest BCUT2D eigenvalue weighted by molar-refractivity contribution is -0.121. The SMILES string of the molecule is CCc1sc(C(=O)NNC(=O)CCc2ccccc2Cl)cc1C. The Morgan fingerprint density at radius 1 is 1.22 bits per heavy atom. The summed E-state index contributed by atoms with van der Waals surface area (Å²) in [7, 11) is 0. The van der Waals surface area contributed by atoms with Crippen LogP contribution in [0.5, 0.6) is 0 Å². The molecule has 0 spiro atoms. The first-order valence-corrected chi connectivity index (χ1v) is 8.62. The van der Waals surface area contributed by atoms with Crippen LogP contribution in [-0.2, 0) is 17.6 Å². The third kappa shape index (κ3) is 4.81. The highest BCUT2D eigenvalue weighted by Crippen LogP contribution is 2.22. The van der Waals surface area contributed by atoms with Crippen LogP contribution < -0.4 is 10.9 Å². The Hall–Kier alpha value is -1.85. The predicted molar refractivity (Wildman–Crippen MR) is 93.8 cm³/mol. The van der Waals surface area contributed by atoms with E-state index in [1.807, 2.05) is 31.2 Å². The average molecular weight is 351 g/mol. The summed E-state index contributed by atoms with van der Waals surface area (Å²) in [5.74, 6) is -0.536. The number of nitrogens with one attached hydrogen (secondary N) is 2. The zero-order valence-corrected chi connectivity index (χ0v) is 14.7. The van der Waals surface area contributed by atoms with Crippen LogP contribution in [0.1, 0.15) is 39.0 Å². The van der Waals surface area contributed by atoms with Gasteiger partial charge in [-0.1, -0.05) is 36.7 Å². The summed E-state index contributed by atoms with van der Waals surface area (Å²) in [5.41, 5.74) is 6.91. The second-order valence-electron chi connectivity index (χ2n) is 5.16. The van der Waals surface area contributed by atoms with E-state index in [1.54, 1.807) is 6.07 Å². The van der Waals surface area contributed by atoms with E-state index in [4.69, 9.17) is 11.6 Å². The van der Waals surface area contributed by atoms with E-state index >= 15 is 0 Å². The summed E-state index contributed by atoms with van der Waals surface area (Å²) in [6.07, 6.45) is 1.68. The molecule has 0 bridgehead atoms. The standard InChI is InChI=1S/C17H19ClN2O2S/c1-3-14-11(2)10-15(23-14)17(22)20-19-16(21)9-8-12-6-4-5-7-13(12)18/h4-7,10H,3,8-9H2,1-2H3,(H,19,21)(H,20,22). The monoisotopic (exact) mass is 350 g/mol. The lowest BCUT2D eigenvalue weighted by Gasteiger charge is -2.07. The van der Waals surface area contributed by atoms with Crippen molar-refractivity contribution in [3.63, 3.8) is 0 Å². The molecule has 0 atom stereocenters. The van der Waals surface area contributed by atoms with E-state index in [-0.39, 0.29) is 18.2 Å². The van der Waals surface area contributed by atoms with E-state index in [9.17, 15) is 9.59 Å². The third-order valence-corrected chi connectivity index (χ3v) is 5.21. The molecule has 122 valence electrons. The lowest BCUT2D eigenvalue weighted by atomic mass is 10.1. The maximum atomic E-state index is 12.0. The summed E-state index contributed by atoms with van der Waals surface area (Å²) in [6.45, 7) is 4.03. The molecule has 1 heterocycles. The number of hydrogen-bond acceptors (Lipinski definition) is 3. The highest BCUT2D eigenvalue weighted by Gasteiger charge is 2.12. The molecule has 2 amide bonds. The van der Waals surface area contributed by atoms with E-state index in [1.165, 1.54) is 16.2 Å². The lowest BCUT2D eigenvalue weighted by Crippen LogP contribution is -2.41. The van der Waals surface area contributed by atoms with Gasteiger partial charge in [-0.05, 0) is 43.0 Å². The molecule has 0 saturated carbocycles. The number of rotatable bonds is 5. The second-order valence-corrected chi connectivity index (χ2v) is 6.71. The highest BCUT2D eigenvalue weighted by molar-refractivity contribution is 7.14. The first kappa shape index (κ1) is 17.5. The minimum atomic E-state index is -0.288. The van der Waals surface area contributed by atoms with E-state index in [2.05, 4.69) is 17.8 Å². The number of hydrazine groups is 1. The summed E-state index contributed by atoms with van der Waals surface area (Å²) in [4.78, 5) is 25.6. The van der Waals surface area contributed by atoms with Crippen molar-refractivity contribution in [2.45, 2.75) is 33.1 Å². The smallest absolute Gasteiger partial charge is 0.273 e. The molecule has 6 heteroatoms. The third-order valence-electron chi connectivity index (χ3n) is 3.46. The van der Waals surface area contributed by atoms with Gasteiger partial charge in [0.2, 0.25) is 5.91 Å². The molecular weight excluding hydrogens is 332 g/mol. The van der Waals surface area contributed by atoms with Crippen LogP contribution in [0.4, 0.5) is 0 Å². The fourth-order valence-corrected chi connectivity index (χ4v) is 3.42. The van der Waals surface area contributed by atoms with Gasteiger partial charge in [-0.2, -0.15) is 0 Å². The van der Waals surface area contributed by atoms with Gasteiger partial charge in [0.1, 0.15) is 0 Å². The molecule has 4 nitrogen and oxygen atoms in total.